The fourth-order valence-corrected chi connectivity index (χ4v) is 2.83. The molecule has 2 aromatic heterocycles. The second-order valence-corrected chi connectivity index (χ2v) is 5.97. The zero-order chi connectivity index (χ0) is 13.2. The number of thiophene rings is 1. The van der Waals surface area contributed by atoms with Crippen molar-refractivity contribution in [1.29, 1.82) is 0 Å². The molecule has 1 saturated carbocycles. The fourth-order valence-electron chi connectivity index (χ4n) is 2.15. The summed E-state index contributed by atoms with van der Waals surface area (Å²) >= 11 is 1.73. The molecule has 100 valence electrons. The maximum atomic E-state index is 5.85. The van der Waals surface area contributed by atoms with Gasteiger partial charge in [-0.3, -0.25) is 0 Å². The first-order valence-electron chi connectivity index (χ1n) is 6.63. The van der Waals surface area contributed by atoms with Crippen LogP contribution in [0.4, 0.5) is 11.6 Å². The quantitative estimate of drug-likeness (QED) is 0.879. The van der Waals surface area contributed by atoms with E-state index in [0.29, 0.717) is 17.8 Å². The number of nitrogens with two attached hydrogens (primary N) is 1. The van der Waals surface area contributed by atoms with Gasteiger partial charge in [0.1, 0.15) is 17.5 Å². The molecule has 1 fully saturated rings. The first-order chi connectivity index (χ1) is 9.20. The summed E-state index contributed by atoms with van der Waals surface area (Å²) in [4.78, 5) is 8.87. The van der Waals surface area contributed by atoms with Gasteiger partial charge >= 0.3 is 0 Å². The van der Waals surface area contributed by atoms with Crippen molar-refractivity contribution in [3.05, 3.63) is 34.3 Å². The molecular formula is C14H18N4S. The molecule has 3 rings (SSSR count). The highest BCUT2D eigenvalue weighted by Gasteiger charge is 2.27. The Kier molecular flexibility index (Phi) is 3.38. The molecule has 1 aliphatic rings. The van der Waals surface area contributed by atoms with Gasteiger partial charge in [-0.25, -0.2) is 9.97 Å². The first kappa shape index (κ1) is 12.4. The molecule has 1 aliphatic carbocycles. The largest absolute Gasteiger partial charge is 0.384 e. The van der Waals surface area contributed by atoms with Crippen LogP contribution >= 0.6 is 11.3 Å². The monoisotopic (exact) mass is 274 g/mol. The van der Waals surface area contributed by atoms with Gasteiger partial charge in [0, 0.05) is 18.0 Å². The summed E-state index contributed by atoms with van der Waals surface area (Å²) in [6.07, 6.45) is 3.37. The summed E-state index contributed by atoms with van der Waals surface area (Å²) in [5, 5.41) is 7.71. The number of rotatable bonds is 5. The fraction of sp³-hybridized carbons (Fsp3) is 0.429. The number of nitrogens with zero attached hydrogens (tertiary/aromatic N) is 2. The Labute approximate surface area is 117 Å². The van der Waals surface area contributed by atoms with Crippen LogP contribution in [0.2, 0.25) is 0 Å². The normalized spacial score (nSPS) is 16.3. The van der Waals surface area contributed by atoms with Crippen molar-refractivity contribution in [2.45, 2.75) is 38.1 Å². The molecule has 19 heavy (non-hydrogen) atoms. The van der Waals surface area contributed by atoms with Gasteiger partial charge in [-0.05, 0) is 48.6 Å². The van der Waals surface area contributed by atoms with E-state index in [1.165, 1.54) is 18.4 Å². The molecule has 2 aromatic rings. The maximum absolute atomic E-state index is 5.85. The van der Waals surface area contributed by atoms with E-state index in [9.17, 15) is 0 Å². The molecule has 3 N–H and O–H groups in total. The third kappa shape index (κ3) is 3.23. The summed E-state index contributed by atoms with van der Waals surface area (Å²) in [6.45, 7) is 2.16. The van der Waals surface area contributed by atoms with Crippen molar-refractivity contribution >= 4 is 23.0 Å². The summed E-state index contributed by atoms with van der Waals surface area (Å²) < 4.78 is 0. The SMILES string of the molecule is CC(Cc1ccsc1)Nc1cc(N)nc(C2CC2)n1. The topological polar surface area (TPSA) is 63.8 Å². The molecule has 0 aliphatic heterocycles. The number of nitrogen functional groups attached to an aromatic ring is 1. The number of hydrogen-bond donors (Lipinski definition) is 2. The predicted molar refractivity (Wildman–Crippen MR) is 79.5 cm³/mol. The summed E-state index contributed by atoms with van der Waals surface area (Å²) in [5.41, 5.74) is 7.20. The lowest BCUT2D eigenvalue weighted by atomic mass is 10.1. The molecular weight excluding hydrogens is 256 g/mol. The van der Waals surface area contributed by atoms with Gasteiger partial charge in [0.15, 0.2) is 0 Å². The molecule has 1 unspecified atom stereocenters. The highest BCUT2D eigenvalue weighted by atomic mass is 32.1. The van der Waals surface area contributed by atoms with Crippen molar-refractivity contribution in [1.82, 2.24) is 9.97 Å². The Bertz CT molecular complexity index is 549. The molecule has 2 heterocycles. The maximum Gasteiger partial charge on any atom is 0.136 e. The van der Waals surface area contributed by atoms with Gasteiger partial charge in [-0.1, -0.05) is 0 Å². The standard InChI is InChI=1S/C14H18N4S/c1-9(6-10-4-5-19-8-10)16-13-7-12(15)17-14(18-13)11-2-3-11/h4-5,7-9,11H,2-3,6H2,1H3,(H3,15,16,17,18). The summed E-state index contributed by atoms with van der Waals surface area (Å²) in [5.74, 6) is 2.82. The second-order valence-electron chi connectivity index (χ2n) is 5.19. The minimum absolute atomic E-state index is 0.330. The van der Waals surface area contributed by atoms with Crippen LogP contribution in [0.1, 0.15) is 37.1 Å². The molecule has 0 saturated heterocycles. The van der Waals surface area contributed by atoms with Crippen LogP contribution in [0.5, 0.6) is 0 Å². The van der Waals surface area contributed by atoms with Gasteiger partial charge in [0.25, 0.3) is 0 Å². The Morgan fingerprint density at radius 2 is 2.32 bits per heavy atom. The molecule has 0 amide bonds. The van der Waals surface area contributed by atoms with Gasteiger partial charge in [0.2, 0.25) is 0 Å². The van der Waals surface area contributed by atoms with E-state index in [0.717, 1.165) is 18.1 Å². The highest BCUT2D eigenvalue weighted by molar-refractivity contribution is 7.07. The van der Waals surface area contributed by atoms with Crippen molar-refractivity contribution in [3.63, 3.8) is 0 Å². The van der Waals surface area contributed by atoms with Crippen molar-refractivity contribution < 1.29 is 0 Å². The Balaban J connectivity index is 1.68. The van der Waals surface area contributed by atoms with Crippen molar-refractivity contribution in [2.24, 2.45) is 0 Å². The zero-order valence-electron chi connectivity index (χ0n) is 11.0. The van der Waals surface area contributed by atoms with Crippen LogP contribution in [-0.2, 0) is 6.42 Å². The van der Waals surface area contributed by atoms with E-state index in [4.69, 9.17) is 5.73 Å². The van der Waals surface area contributed by atoms with E-state index < -0.39 is 0 Å². The highest BCUT2D eigenvalue weighted by Crippen LogP contribution is 2.38. The Morgan fingerprint density at radius 1 is 1.47 bits per heavy atom. The molecule has 0 bridgehead atoms. The van der Waals surface area contributed by atoms with E-state index in [1.807, 2.05) is 6.07 Å². The van der Waals surface area contributed by atoms with Crippen LogP contribution in [0.25, 0.3) is 0 Å². The molecule has 5 heteroatoms. The lowest BCUT2D eigenvalue weighted by molar-refractivity contribution is 0.781. The van der Waals surface area contributed by atoms with E-state index in [1.54, 1.807) is 11.3 Å². The minimum Gasteiger partial charge on any atom is -0.384 e. The number of aromatic nitrogens is 2. The van der Waals surface area contributed by atoms with Crippen LogP contribution in [0, 0.1) is 0 Å². The molecule has 0 aromatic carbocycles. The molecule has 0 radical (unpaired) electrons. The molecule has 1 atom stereocenters. The minimum atomic E-state index is 0.330. The van der Waals surface area contributed by atoms with Crippen molar-refractivity contribution in [2.75, 3.05) is 11.1 Å². The van der Waals surface area contributed by atoms with E-state index in [-0.39, 0.29) is 0 Å². The average Bonchev–Trinajstić information content (AvgIpc) is 3.08. The van der Waals surface area contributed by atoms with Gasteiger partial charge < -0.3 is 11.1 Å². The molecule has 4 nitrogen and oxygen atoms in total. The number of nitrogens with one attached hydrogen (secondary N) is 1. The summed E-state index contributed by atoms with van der Waals surface area (Å²) in [6, 6.07) is 4.30. The number of hydrogen-bond acceptors (Lipinski definition) is 5. The third-order valence-electron chi connectivity index (χ3n) is 3.22. The Hall–Kier alpha value is -1.62. The molecule has 0 spiro atoms. The van der Waals surface area contributed by atoms with E-state index >= 15 is 0 Å². The first-order valence-corrected chi connectivity index (χ1v) is 7.57. The smallest absolute Gasteiger partial charge is 0.136 e. The van der Waals surface area contributed by atoms with Crippen LogP contribution < -0.4 is 11.1 Å². The summed E-state index contributed by atoms with van der Waals surface area (Å²) in [7, 11) is 0. The zero-order valence-corrected chi connectivity index (χ0v) is 11.8. The number of anilines is 2. The van der Waals surface area contributed by atoms with Gasteiger partial charge in [-0.15, -0.1) is 0 Å². The van der Waals surface area contributed by atoms with Crippen LogP contribution in [0.3, 0.4) is 0 Å². The third-order valence-corrected chi connectivity index (χ3v) is 3.95. The lowest BCUT2D eigenvalue weighted by Gasteiger charge is -2.14. The predicted octanol–water partition coefficient (Wildman–Crippen LogP) is 3.04. The second kappa shape index (κ2) is 5.17. The van der Waals surface area contributed by atoms with Gasteiger partial charge in [0.05, 0.1) is 0 Å². The Morgan fingerprint density at radius 3 is 3.00 bits per heavy atom. The van der Waals surface area contributed by atoms with Crippen molar-refractivity contribution in [3.8, 4) is 0 Å². The van der Waals surface area contributed by atoms with E-state index in [2.05, 4.69) is 39.0 Å². The van der Waals surface area contributed by atoms with Gasteiger partial charge in [-0.2, -0.15) is 11.3 Å². The van der Waals surface area contributed by atoms with Crippen LogP contribution in [-0.4, -0.2) is 16.0 Å². The average molecular weight is 274 g/mol. The van der Waals surface area contributed by atoms with Crippen LogP contribution in [0.15, 0.2) is 22.9 Å². The lowest BCUT2D eigenvalue weighted by Crippen LogP contribution is -2.19.